The minimum Gasteiger partial charge on any atom is -0.454 e. The summed E-state index contributed by atoms with van der Waals surface area (Å²) in [7, 11) is -0.337. The molecule has 1 fully saturated rings. The van der Waals surface area contributed by atoms with Crippen LogP contribution in [0.4, 0.5) is 0 Å². The fourth-order valence-corrected chi connectivity index (χ4v) is 4.28. The third-order valence-electron chi connectivity index (χ3n) is 4.92. The molecule has 140 valence electrons. The van der Waals surface area contributed by atoms with Gasteiger partial charge < -0.3 is 9.47 Å². The van der Waals surface area contributed by atoms with E-state index in [1.54, 1.807) is 14.1 Å². The number of nitrogens with zero attached hydrogens (tertiary/aromatic N) is 2. The molecule has 0 bridgehead atoms. The van der Waals surface area contributed by atoms with E-state index in [4.69, 9.17) is 9.47 Å². The van der Waals surface area contributed by atoms with E-state index >= 15 is 0 Å². The number of rotatable bonds is 6. The van der Waals surface area contributed by atoms with Crippen LogP contribution in [0, 0.1) is 11.8 Å². The van der Waals surface area contributed by atoms with Crippen molar-refractivity contribution < 1.29 is 17.9 Å². The largest absolute Gasteiger partial charge is 0.454 e. The number of likely N-dealkylation sites (tertiary alicyclic amines) is 1. The first kappa shape index (κ1) is 18.4. The van der Waals surface area contributed by atoms with Crippen LogP contribution in [0.2, 0.25) is 0 Å². The molecule has 0 aliphatic carbocycles. The second kappa shape index (κ2) is 7.11. The van der Waals surface area contributed by atoms with Gasteiger partial charge in [-0.15, -0.1) is 0 Å². The molecule has 0 aromatic heterocycles. The molecule has 0 radical (unpaired) electrons. The van der Waals surface area contributed by atoms with Gasteiger partial charge in [-0.3, -0.25) is 4.90 Å². The Hall–Kier alpha value is -1.35. The predicted octanol–water partition coefficient (Wildman–Crippen LogP) is 1.27. The van der Waals surface area contributed by atoms with Crippen molar-refractivity contribution in [2.75, 3.05) is 34.0 Å². The van der Waals surface area contributed by atoms with E-state index in [1.165, 1.54) is 4.31 Å². The van der Waals surface area contributed by atoms with Crippen LogP contribution in [-0.4, -0.2) is 57.6 Å². The van der Waals surface area contributed by atoms with Gasteiger partial charge in [-0.05, 0) is 29.5 Å². The smallest absolute Gasteiger partial charge is 0.279 e. The highest BCUT2D eigenvalue weighted by Crippen LogP contribution is 2.33. The first-order valence-electron chi connectivity index (χ1n) is 8.57. The van der Waals surface area contributed by atoms with Gasteiger partial charge in [-0.2, -0.15) is 17.4 Å². The van der Waals surface area contributed by atoms with Gasteiger partial charge in [-0.1, -0.05) is 19.9 Å². The van der Waals surface area contributed by atoms with Gasteiger partial charge in [0.1, 0.15) is 0 Å². The summed E-state index contributed by atoms with van der Waals surface area (Å²) in [6.07, 6.45) is 0. The Morgan fingerprint density at radius 3 is 2.64 bits per heavy atom. The van der Waals surface area contributed by atoms with Crippen molar-refractivity contribution in [3.05, 3.63) is 23.8 Å². The normalized spacial score (nSPS) is 23.8. The second-order valence-corrected chi connectivity index (χ2v) is 9.22. The number of ether oxygens (including phenoxy) is 2. The lowest BCUT2D eigenvalue weighted by atomic mass is 9.92. The maximum atomic E-state index is 12.2. The molecule has 0 unspecified atom stereocenters. The highest BCUT2D eigenvalue weighted by Gasteiger charge is 2.37. The van der Waals surface area contributed by atoms with Crippen LogP contribution in [0.1, 0.15) is 19.4 Å². The zero-order valence-corrected chi connectivity index (χ0v) is 16.0. The van der Waals surface area contributed by atoms with Crippen molar-refractivity contribution in [1.82, 2.24) is 13.9 Å². The van der Waals surface area contributed by atoms with Gasteiger partial charge in [-0.25, -0.2) is 0 Å². The minimum atomic E-state index is -3.43. The lowest BCUT2D eigenvalue weighted by Gasteiger charge is -2.24. The van der Waals surface area contributed by atoms with Crippen LogP contribution < -0.4 is 14.2 Å². The molecule has 1 aromatic rings. The zero-order chi connectivity index (χ0) is 18.2. The standard InChI is InChI=1S/C17H27N3O4S/c1-12(2)14-9-20(10-15(14)18-25(21,22)19(3)4)8-13-5-6-16-17(7-13)24-11-23-16/h5-7,12,14-15,18H,8-11H2,1-4H3/t14-,15+/m0/s1. The summed E-state index contributed by atoms with van der Waals surface area (Å²) in [5.41, 5.74) is 1.14. The Kier molecular flexibility index (Phi) is 5.24. The van der Waals surface area contributed by atoms with E-state index in [2.05, 4.69) is 23.5 Å². The van der Waals surface area contributed by atoms with Crippen molar-refractivity contribution in [2.45, 2.75) is 26.4 Å². The molecule has 0 spiro atoms. The van der Waals surface area contributed by atoms with E-state index in [9.17, 15) is 8.42 Å². The summed E-state index contributed by atoms with van der Waals surface area (Å²) in [6.45, 7) is 6.89. The Bertz CT molecular complexity index is 721. The average molecular weight is 369 g/mol. The molecule has 2 heterocycles. The molecule has 25 heavy (non-hydrogen) atoms. The van der Waals surface area contributed by atoms with Crippen molar-refractivity contribution >= 4 is 10.2 Å². The second-order valence-electron chi connectivity index (χ2n) is 7.30. The van der Waals surface area contributed by atoms with Crippen molar-refractivity contribution in [3.63, 3.8) is 0 Å². The van der Waals surface area contributed by atoms with Crippen LogP contribution in [0.5, 0.6) is 11.5 Å². The summed E-state index contributed by atoms with van der Waals surface area (Å²) >= 11 is 0. The third kappa shape index (κ3) is 4.08. The average Bonchev–Trinajstić information content (AvgIpc) is 3.13. The van der Waals surface area contributed by atoms with Gasteiger partial charge >= 0.3 is 0 Å². The van der Waals surface area contributed by atoms with E-state index in [1.807, 2.05) is 18.2 Å². The monoisotopic (exact) mass is 369 g/mol. The fraction of sp³-hybridized carbons (Fsp3) is 0.647. The molecular weight excluding hydrogens is 342 g/mol. The topological polar surface area (TPSA) is 71.1 Å². The Labute approximate surface area is 150 Å². The molecule has 0 saturated carbocycles. The minimum absolute atomic E-state index is 0.0820. The number of benzene rings is 1. The maximum Gasteiger partial charge on any atom is 0.279 e. The Morgan fingerprint density at radius 1 is 1.24 bits per heavy atom. The van der Waals surface area contributed by atoms with Crippen LogP contribution >= 0.6 is 0 Å². The lowest BCUT2D eigenvalue weighted by Crippen LogP contribution is -2.46. The van der Waals surface area contributed by atoms with Crippen LogP contribution in [0.15, 0.2) is 18.2 Å². The molecule has 2 atom stereocenters. The molecule has 1 N–H and O–H groups in total. The van der Waals surface area contributed by atoms with Gasteiger partial charge in [0.15, 0.2) is 11.5 Å². The molecule has 0 amide bonds. The highest BCUT2D eigenvalue weighted by molar-refractivity contribution is 7.87. The van der Waals surface area contributed by atoms with Gasteiger partial charge in [0, 0.05) is 39.8 Å². The number of nitrogens with one attached hydrogen (secondary N) is 1. The van der Waals surface area contributed by atoms with E-state index in [-0.39, 0.29) is 18.8 Å². The Balaban J connectivity index is 1.69. The van der Waals surface area contributed by atoms with Crippen molar-refractivity contribution in [1.29, 1.82) is 0 Å². The van der Waals surface area contributed by atoms with Crippen LogP contribution in [0.25, 0.3) is 0 Å². The van der Waals surface area contributed by atoms with Crippen molar-refractivity contribution in [3.8, 4) is 11.5 Å². The SMILES string of the molecule is CC(C)[C@@H]1CN(Cc2ccc3c(c2)OCO3)C[C@H]1NS(=O)(=O)N(C)C. The number of hydrogen-bond acceptors (Lipinski definition) is 5. The van der Waals surface area contributed by atoms with Crippen molar-refractivity contribution in [2.24, 2.45) is 11.8 Å². The summed E-state index contributed by atoms with van der Waals surface area (Å²) in [6, 6.07) is 5.89. The third-order valence-corrected chi connectivity index (χ3v) is 6.48. The number of hydrogen-bond donors (Lipinski definition) is 1. The highest BCUT2D eigenvalue weighted by atomic mass is 32.2. The molecule has 3 rings (SSSR count). The molecule has 8 heteroatoms. The molecule has 1 aromatic carbocycles. The first-order valence-corrected chi connectivity index (χ1v) is 10.0. The van der Waals surface area contributed by atoms with E-state index < -0.39 is 10.2 Å². The van der Waals surface area contributed by atoms with Gasteiger partial charge in [0.2, 0.25) is 6.79 Å². The summed E-state index contributed by atoms with van der Waals surface area (Å²) in [4.78, 5) is 2.30. The fourth-order valence-electron chi connectivity index (χ4n) is 3.44. The quantitative estimate of drug-likeness (QED) is 0.818. The van der Waals surface area contributed by atoms with E-state index in [0.29, 0.717) is 12.5 Å². The predicted molar refractivity (Wildman–Crippen MR) is 95.7 cm³/mol. The van der Waals surface area contributed by atoms with Gasteiger partial charge in [0.05, 0.1) is 0 Å². The van der Waals surface area contributed by atoms with Crippen LogP contribution in [0.3, 0.4) is 0 Å². The molecule has 2 aliphatic heterocycles. The zero-order valence-electron chi connectivity index (χ0n) is 15.2. The maximum absolute atomic E-state index is 12.2. The van der Waals surface area contributed by atoms with E-state index in [0.717, 1.165) is 30.2 Å². The molecule has 2 aliphatic rings. The number of fused-ring (bicyclic) bond motifs is 1. The summed E-state index contributed by atoms with van der Waals surface area (Å²) < 4.78 is 39.3. The lowest BCUT2D eigenvalue weighted by molar-refractivity contribution is 0.174. The summed E-state index contributed by atoms with van der Waals surface area (Å²) in [5.74, 6) is 2.24. The summed E-state index contributed by atoms with van der Waals surface area (Å²) in [5, 5.41) is 0. The molecule has 1 saturated heterocycles. The molecule has 7 nitrogen and oxygen atoms in total. The Morgan fingerprint density at radius 2 is 1.96 bits per heavy atom. The first-order chi connectivity index (χ1) is 11.8. The molecular formula is C17H27N3O4S. The van der Waals surface area contributed by atoms with Gasteiger partial charge in [0.25, 0.3) is 10.2 Å². The van der Waals surface area contributed by atoms with Crippen LogP contribution in [-0.2, 0) is 16.8 Å².